The first-order valence-electron chi connectivity index (χ1n) is 5.13. The molecular weight excluding hydrogens is 164 g/mol. The predicted molar refractivity (Wildman–Crippen MR) is 54.7 cm³/mol. The van der Waals surface area contributed by atoms with Crippen LogP contribution in [0, 0.1) is 0 Å². The summed E-state index contributed by atoms with van der Waals surface area (Å²) in [6.45, 7) is 10.1. The van der Waals surface area contributed by atoms with E-state index in [9.17, 15) is 0 Å². The summed E-state index contributed by atoms with van der Waals surface area (Å²) in [7, 11) is 0. The van der Waals surface area contributed by atoms with Gasteiger partial charge in [-0.25, -0.2) is 0 Å². The van der Waals surface area contributed by atoms with Crippen molar-refractivity contribution in [2.75, 3.05) is 26.3 Å². The SMILES string of the molecule is CCC1COCCN1CC(C)(C)N. The Balaban J connectivity index is 2.45. The van der Waals surface area contributed by atoms with Crippen molar-refractivity contribution >= 4 is 0 Å². The average Bonchev–Trinajstić information content (AvgIpc) is 2.02. The largest absolute Gasteiger partial charge is 0.378 e. The summed E-state index contributed by atoms with van der Waals surface area (Å²) in [5, 5.41) is 0. The molecular formula is C10H22N2O. The molecule has 1 saturated heterocycles. The number of hydrogen-bond donors (Lipinski definition) is 1. The first kappa shape index (κ1) is 11.0. The molecule has 0 aromatic carbocycles. The molecule has 1 heterocycles. The highest BCUT2D eigenvalue weighted by atomic mass is 16.5. The van der Waals surface area contributed by atoms with Gasteiger partial charge in [0.05, 0.1) is 13.2 Å². The van der Waals surface area contributed by atoms with Gasteiger partial charge >= 0.3 is 0 Å². The molecule has 13 heavy (non-hydrogen) atoms. The zero-order valence-electron chi connectivity index (χ0n) is 9.05. The van der Waals surface area contributed by atoms with Crippen LogP contribution in [-0.2, 0) is 4.74 Å². The molecule has 2 N–H and O–H groups in total. The van der Waals surface area contributed by atoms with Gasteiger partial charge in [-0.3, -0.25) is 4.90 Å². The standard InChI is InChI=1S/C10H22N2O/c1-4-9-7-13-6-5-12(9)8-10(2,3)11/h9H,4-8,11H2,1-3H3. The minimum Gasteiger partial charge on any atom is -0.378 e. The minimum atomic E-state index is -0.0925. The quantitative estimate of drug-likeness (QED) is 0.709. The Kier molecular flexibility index (Phi) is 3.71. The molecule has 0 aromatic rings. The first-order chi connectivity index (χ1) is 6.03. The monoisotopic (exact) mass is 186 g/mol. The van der Waals surface area contributed by atoms with Crippen molar-refractivity contribution in [3.63, 3.8) is 0 Å². The van der Waals surface area contributed by atoms with Gasteiger partial charge in [0.1, 0.15) is 0 Å². The van der Waals surface area contributed by atoms with Crippen molar-refractivity contribution in [2.45, 2.75) is 38.8 Å². The van der Waals surface area contributed by atoms with Gasteiger partial charge in [0.25, 0.3) is 0 Å². The van der Waals surface area contributed by atoms with E-state index in [1.807, 2.05) is 0 Å². The van der Waals surface area contributed by atoms with Crippen LogP contribution in [0.4, 0.5) is 0 Å². The van der Waals surface area contributed by atoms with Gasteiger partial charge < -0.3 is 10.5 Å². The van der Waals surface area contributed by atoms with E-state index >= 15 is 0 Å². The van der Waals surface area contributed by atoms with Crippen LogP contribution in [0.1, 0.15) is 27.2 Å². The third-order valence-electron chi connectivity index (χ3n) is 2.43. The lowest BCUT2D eigenvalue weighted by Gasteiger charge is -2.38. The molecule has 1 unspecified atom stereocenters. The molecule has 0 saturated carbocycles. The molecule has 1 fully saturated rings. The van der Waals surface area contributed by atoms with E-state index in [4.69, 9.17) is 10.5 Å². The Morgan fingerprint density at radius 3 is 2.77 bits per heavy atom. The van der Waals surface area contributed by atoms with Gasteiger partial charge in [-0.1, -0.05) is 6.92 Å². The number of morpholine rings is 1. The zero-order valence-corrected chi connectivity index (χ0v) is 9.05. The summed E-state index contributed by atoms with van der Waals surface area (Å²) in [4.78, 5) is 2.45. The van der Waals surface area contributed by atoms with Crippen molar-refractivity contribution < 1.29 is 4.74 Å². The van der Waals surface area contributed by atoms with Crippen LogP contribution >= 0.6 is 0 Å². The van der Waals surface area contributed by atoms with E-state index in [1.54, 1.807) is 0 Å². The smallest absolute Gasteiger partial charge is 0.0622 e. The zero-order chi connectivity index (χ0) is 9.90. The molecule has 1 atom stereocenters. The van der Waals surface area contributed by atoms with Gasteiger partial charge in [-0.2, -0.15) is 0 Å². The van der Waals surface area contributed by atoms with Crippen LogP contribution < -0.4 is 5.73 Å². The normalized spacial score (nSPS) is 26.3. The summed E-state index contributed by atoms with van der Waals surface area (Å²) in [5.41, 5.74) is 5.91. The summed E-state index contributed by atoms with van der Waals surface area (Å²) in [6.07, 6.45) is 1.15. The van der Waals surface area contributed by atoms with E-state index in [2.05, 4.69) is 25.7 Å². The summed E-state index contributed by atoms with van der Waals surface area (Å²) in [5.74, 6) is 0. The van der Waals surface area contributed by atoms with E-state index in [-0.39, 0.29) is 5.54 Å². The summed E-state index contributed by atoms with van der Waals surface area (Å²) < 4.78 is 5.44. The Labute approximate surface area is 81.2 Å². The number of ether oxygens (including phenoxy) is 1. The van der Waals surface area contributed by atoms with Gasteiger partial charge in [-0.05, 0) is 20.3 Å². The maximum atomic E-state index is 6.00. The fourth-order valence-electron chi connectivity index (χ4n) is 1.80. The average molecular weight is 186 g/mol. The second-order valence-electron chi connectivity index (χ2n) is 4.60. The molecule has 78 valence electrons. The highest BCUT2D eigenvalue weighted by Crippen LogP contribution is 2.13. The van der Waals surface area contributed by atoms with Crippen molar-refractivity contribution in [1.82, 2.24) is 4.90 Å². The van der Waals surface area contributed by atoms with Gasteiger partial charge in [0, 0.05) is 24.7 Å². The molecule has 0 bridgehead atoms. The second kappa shape index (κ2) is 4.40. The fourth-order valence-corrected chi connectivity index (χ4v) is 1.80. The molecule has 3 nitrogen and oxygen atoms in total. The molecule has 3 heteroatoms. The Hall–Kier alpha value is -0.120. The third-order valence-corrected chi connectivity index (χ3v) is 2.43. The molecule has 0 aromatic heterocycles. The summed E-state index contributed by atoms with van der Waals surface area (Å²) in [6, 6.07) is 0.566. The molecule has 1 aliphatic heterocycles. The topological polar surface area (TPSA) is 38.5 Å². The maximum Gasteiger partial charge on any atom is 0.0622 e. The lowest BCUT2D eigenvalue weighted by Crippen LogP contribution is -2.53. The van der Waals surface area contributed by atoms with E-state index in [1.165, 1.54) is 0 Å². The van der Waals surface area contributed by atoms with Crippen LogP contribution in [0.25, 0.3) is 0 Å². The lowest BCUT2D eigenvalue weighted by atomic mass is 10.0. The number of nitrogens with zero attached hydrogens (tertiary/aromatic N) is 1. The van der Waals surface area contributed by atoms with E-state index in [0.29, 0.717) is 6.04 Å². The molecule has 0 aliphatic carbocycles. The van der Waals surface area contributed by atoms with E-state index < -0.39 is 0 Å². The van der Waals surface area contributed by atoms with Gasteiger partial charge in [-0.15, -0.1) is 0 Å². The molecule has 1 aliphatic rings. The third kappa shape index (κ3) is 3.63. The number of rotatable bonds is 3. The molecule has 0 spiro atoms. The Morgan fingerprint density at radius 1 is 1.54 bits per heavy atom. The van der Waals surface area contributed by atoms with Crippen LogP contribution in [0.3, 0.4) is 0 Å². The van der Waals surface area contributed by atoms with E-state index in [0.717, 1.165) is 32.7 Å². The highest BCUT2D eigenvalue weighted by Gasteiger charge is 2.25. The van der Waals surface area contributed by atoms with Crippen LogP contribution in [0.15, 0.2) is 0 Å². The molecule has 0 radical (unpaired) electrons. The van der Waals surface area contributed by atoms with Gasteiger partial charge in [0.15, 0.2) is 0 Å². The lowest BCUT2D eigenvalue weighted by molar-refractivity contribution is -0.0157. The molecule has 1 rings (SSSR count). The van der Waals surface area contributed by atoms with Crippen molar-refractivity contribution in [3.05, 3.63) is 0 Å². The van der Waals surface area contributed by atoms with Crippen LogP contribution in [0.5, 0.6) is 0 Å². The summed E-state index contributed by atoms with van der Waals surface area (Å²) >= 11 is 0. The highest BCUT2D eigenvalue weighted by molar-refractivity contribution is 4.82. The number of hydrogen-bond acceptors (Lipinski definition) is 3. The van der Waals surface area contributed by atoms with Crippen molar-refractivity contribution in [1.29, 1.82) is 0 Å². The second-order valence-corrected chi connectivity index (χ2v) is 4.60. The Bertz CT molecular complexity index is 153. The first-order valence-corrected chi connectivity index (χ1v) is 5.13. The van der Waals surface area contributed by atoms with Crippen molar-refractivity contribution in [2.24, 2.45) is 5.73 Å². The maximum absolute atomic E-state index is 6.00. The minimum absolute atomic E-state index is 0.0925. The molecule has 0 amide bonds. The van der Waals surface area contributed by atoms with Crippen LogP contribution in [-0.4, -0.2) is 42.8 Å². The number of nitrogens with two attached hydrogens (primary N) is 1. The predicted octanol–water partition coefficient (Wildman–Crippen LogP) is 0.835. The van der Waals surface area contributed by atoms with Crippen molar-refractivity contribution in [3.8, 4) is 0 Å². The van der Waals surface area contributed by atoms with Gasteiger partial charge in [0.2, 0.25) is 0 Å². The van der Waals surface area contributed by atoms with Crippen LogP contribution in [0.2, 0.25) is 0 Å². The fraction of sp³-hybridized carbons (Fsp3) is 1.00. The Morgan fingerprint density at radius 2 is 2.23 bits per heavy atom.